The second-order valence-electron chi connectivity index (χ2n) is 5.22. The minimum atomic E-state index is 0.0191. The number of amides is 1. The molecule has 1 aromatic heterocycles. The number of carbonyl (C=O) groups is 1. The molecule has 1 amide bonds. The van der Waals surface area contributed by atoms with Crippen LogP contribution in [-0.2, 0) is 0 Å². The van der Waals surface area contributed by atoms with Gasteiger partial charge in [-0.1, -0.05) is 6.92 Å². The predicted octanol–water partition coefficient (Wildman–Crippen LogP) is 2.48. The molecule has 0 aliphatic heterocycles. The first-order valence-corrected chi connectivity index (χ1v) is 6.46. The van der Waals surface area contributed by atoms with Gasteiger partial charge in [0.1, 0.15) is 0 Å². The van der Waals surface area contributed by atoms with Gasteiger partial charge in [0.2, 0.25) is 0 Å². The molecule has 0 saturated heterocycles. The molecule has 1 saturated carbocycles. The van der Waals surface area contributed by atoms with Crippen molar-refractivity contribution in [3.8, 4) is 0 Å². The van der Waals surface area contributed by atoms with Crippen LogP contribution in [0.15, 0.2) is 24.5 Å². The topological polar surface area (TPSA) is 57.8 Å². The number of carbonyl (C=O) groups excluding carboxylic acids is 1. The van der Waals surface area contributed by atoms with Gasteiger partial charge in [0, 0.05) is 11.6 Å². The van der Waals surface area contributed by atoms with Gasteiger partial charge in [0.15, 0.2) is 0 Å². The molecule has 1 aliphatic rings. The quantitative estimate of drug-likeness (QED) is 0.851. The van der Waals surface area contributed by atoms with E-state index in [0.29, 0.717) is 11.6 Å². The van der Waals surface area contributed by atoms with E-state index in [-0.39, 0.29) is 5.91 Å². The summed E-state index contributed by atoms with van der Waals surface area (Å²) < 4.78 is 0. The number of rotatable bonds is 2. The fraction of sp³-hybridized carbons (Fsp3) is 0.429. The summed E-state index contributed by atoms with van der Waals surface area (Å²) in [5.74, 6) is 0.746. The Morgan fingerprint density at radius 3 is 3.11 bits per heavy atom. The van der Waals surface area contributed by atoms with Crippen molar-refractivity contribution in [2.24, 2.45) is 5.92 Å². The van der Waals surface area contributed by atoms with Crippen LogP contribution in [0.25, 0.3) is 11.0 Å². The lowest BCUT2D eigenvalue weighted by molar-refractivity contribution is 0.0937. The van der Waals surface area contributed by atoms with E-state index in [1.807, 2.05) is 18.2 Å². The highest BCUT2D eigenvalue weighted by Crippen LogP contribution is 2.25. The van der Waals surface area contributed by atoms with Crippen LogP contribution in [0.3, 0.4) is 0 Å². The number of aromatic nitrogens is 2. The van der Waals surface area contributed by atoms with Crippen molar-refractivity contribution < 1.29 is 4.79 Å². The van der Waals surface area contributed by atoms with Crippen LogP contribution in [0.5, 0.6) is 0 Å². The average molecular weight is 243 g/mol. The molecule has 1 aromatic carbocycles. The second kappa shape index (κ2) is 4.44. The van der Waals surface area contributed by atoms with Crippen LogP contribution in [0.4, 0.5) is 0 Å². The maximum Gasteiger partial charge on any atom is 0.251 e. The molecule has 2 N–H and O–H groups in total. The summed E-state index contributed by atoms with van der Waals surface area (Å²) in [7, 11) is 0. The first-order chi connectivity index (χ1) is 8.72. The Morgan fingerprint density at radius 1 is 1.44 bits per heavy atom. The van der Waals surface area contributed by atoms with Gasteiger partial charge < -0.3 is 10.3 Å². The normalized spacial score (nSPS) is 23.4. The molecular formula is C14H17N3O. The number of imidazole rings is 1. The lowest BCUT2D eigenvalue weighted by Crippen LogP contribution is -2.32. The fourth-order valence-corrected chi connectivity index (χ4v) is 2.68. The maximum atomic E-state index is 12.1. The number of nitrogens with zero attached hydrogens (tertiary/aromatic N) is 1. The SMILES string of the molecule is CC1CCC(NC(=O)c2ccc3nc[nH]c3c2)C1. The molecule has 3 rings (SSSR count). The van der Waals surface area contributed by atoms with E-state index in [4.69, 9.17) is 0 Å². The van der Waals surface area contributed by atoms with E-state index in [1.165, 1.54) is 6.42 Å². The van der Waals surface area contributed by atoms with E-state index < -0.39 is 0 Å². The molecule has 0 spiro atoms. The van der Waals surface area contributed by atoms with Crippen LogP contribution in [-0.4, -0.2) is 21.9 Å². The van der Waals surface area contributed by atoms with Gasteiger partial charge in [-0.25, -0.2) is 4.98 Å². The summed E-state index contributed by atoms with van der Waals surface area (Å²) >= 11 is 0. The molecule has 94 valence electrons. The first kappa shape index (κ1) is 11.3. The van der Waals surface area contributed by atoms with Gasteiger partial charge in [-0.05, 0) is 43.4 Å². The minimum absolute atomic E-state index is 0.0191. The number of hydrogen-bond donors (Lipinski definition) is 2. The molecule has 2 unspecified atom stereocenters. The van der Waals surface area contributed by atoms with Gasteiger partial charge in [-0.15, -0.1) is 0 Å². The molecule has 1 heterocycles. The summed E-state index contributed by atoms with van der Waals surface area (Å²) in [4.78, 5) is 19.3. The zero-order valence-electron chi connectivity index (χ0n) is 10.4. The van der Waals surface area contributed by atoms with Crippen molar-refractivity contribution in [1.29, 1.82) is 0 Å². The number of nitrogens with one attached hydrogen (secondary N) is 2. The standard InChI is InChI=1S/C14H17N3O/c1-9-2-4-11(6-9)17-14(18)10-3-5-12-13(7-10)16-8-15-12/h3,5,7-9,11H,2,4,6H2,1H3,(H,15,16)(H,17,18). The van der Waals surface area contributed by atoms with Crippen molar-refractivity contribution in [1.82, 2.24) is 15.3 Å². The van der Waals surface area contributed by atoms with Crippen LogP contribution in [0, 0.1) is 5.92 Å². The molecular weight excluding hydrogens is 226 g/mol. The lowest BCUT2D eigenvalue weighted by atomic mass is 10.1. The summed E-state index contributed by atoms with van der Waals surface area (Å²) in [6, 6.07) is 5.90. The molecule has 0 bridgehead atoms. The Labute approximate surface area is 106 Å². The Bertz CT molecular complexity index is 575. The third-order valence-electron chi connectivity index (χ3n) is 3.71. The zero-order valence-corrected chi connectivity index (χ0v) is 10.4. The van der Waals surface area contributed by atoms with E-state index in [9.17, 15) is 4.79 Å². The molecule has 1 aliphatic carbocycles. The largest absolute Gasteiger partial charge is 0.349 e. The van der Waals surface area contributed by atoms with Crippen LogP contribution in [0.1, 0.15) is 36.5 Å². The average Bonchev–Trinajstić information content (AvgIpc) is 2.96. The molecule has 4 heteroatoms. The number of H-pyrrole nitrogens is 1. The molecule has 1 fully saturated rings. The van der Waals surface area contributed by atoms with E-state index >= 15 is 0 Å². The first-order valence-electron chi connectivity index (χ1n) is 6.46. The Morgan fingerprint density at radius 2 is 2.33 bits per heavy atom. The van der Waals surface area contributed by atoms with Gasteiger partial charge in [-0.2, -0.15) is 0 Å². The van der Waals surface area contributed by atoms with Gasteiger partial charge >= 0.3 is 0 Å². The molecule has 2 atom stereocenters. The highest BCUT2D eigenvalue weighted by molar-refractivity contribution is 5.97. The van der Waals surface area contributed by atoms with Crippen LogP contribution < -0.4 is 5.32 Å². The summed E-state index contributed by atoms with van der Waals surface area (Å²) in [6.07, 6.45) is 5.05. The number of hydrogen-bond acceptors (Lipinski definition) is 2. The highest BCUT2D eigenvalue weighted by atomic mass is 16.1. The van der Waals surface area contributed by atoms with Crippen molar-refractivity contribution in [2.75, 3.05) is 0 Å². The molecule has 18 heavy (non-hydrogen) atoms. The zero-order chi connectivity index (χ0) is 12.5. The Balaban J connectivity index is 1.75. The lowest BCUT2D eigenvalue weighted by Gasteiger charge is -2.12. The van der Waals surface area contributed by atoms with Crippen molar-refractivity contribution >= 4 is 16.9 Å². The predicted molar refractivity (Wildman–Crippen MR) is 70.4 cm³/mol. The van der Waals surface area contributed by atoms with Gasteiger partial charge in [0.05, 0.1) is 17.4 Å². The smallest absolute Gasteiger partial charge is 0.251 e. The van der Waals surface area contributed by atoms with Crippen molar-refractivity contribution in [3.63, 3.8) is 0 Å². The summed E-state index contributed by atoms with van der Waals surface area (Å²) in [5.41, 5.74) is 2.50. The summed E-state index contributed by atoms with van der Waals surface area (Å²) in [5, 5.41) is 3.11. The molecule has 0 radical (unpaired) electrons. The third kappa shape index (κ3) is 2.10. The van der Waals surface area contributed by atoms with Crippen molar-refractivity contribution in [2.45, 2.75) is 32.2 Å². The number of benzene rings is 1. The molecule has 4 nitrogen and oxygen atoms in total. The summed E-state index contributed by atoms with van der Waals surface area (Å²) in [6.45, 7) is 2.24. The van der Waals surface area contributed by atoms with Gasteiger partial charge in [0.25, 0.3) is 5.91 Å². The van der Waals surface area contributed by atoms with E-state index in [0.717, 1.165) is 29.8 Å². The Hall–Kier alpha value is -1.84. The third-order valence-corrected chi connectivity index (χ3v) is 3.71. The number of fused-ring (bicyclic) bond motifs is 1. The Kier molecular flexibility index (Phi) is 2.78. The van der Waals surface area contributed by atoms with Crippen LogP contribution in [0.2, 0.25) is 0 Å². The molecule has 2 aromatic rings. The number of aromatic amines is 1. The van der Waals surface area contributed by atoms with Crippen LogP contribution >= 0.6 is 0 Å². The van der Waals surface area contributed by atoms with E-state index in [1.54, 1.807) is 6.33 Å². The highest BCUT2D eigenvalue weighted by Gasteiger charge is 2.23. The maximum absolute atomic E-state index is 12.1. The fourth-order valence-electron chi connectivity index (χ4n) is 2.68. The van der Waals surface area contributed by atoms with E-state index in [2.05, 4.69) is 22.2 Å². The van der Waals surface area contributed by atoms with Crippen molar-refractivity contribution in [3.05, 3.63) is 30.1 Å². The van der Waals surface area contributed by atoms with Gasteiger partial charge in [-0.3, -0.25) is 4.79 Å². The minimum Gasteiger partial charge on any atom is -0.349 e. The second-order valence-corrected chi connectivity index (χ2v) is 5.22. The monoisotopic (exact) mass is 243 g/mol.